The van der Waals surface area contributed by atoms with Crippen LogP contribution in [-0.2, 0) is 19.6 Å². The first-order valence-corrected chi connectivity index (χ1v) is 15.0. The predicted octanol–water partition coefficient (Wildman–Crippen LogP) is 3.96. The zero-order chi connectivity index (χ0) is 31.6. The summed E-state index contributed by atoms with van der Waals surface area (Å²) in [4.78, 5) is 40.0. The van der Waals surface area contributed by atoms with E-state index in [0.29, 0.717) is 48.2 Å². The molecule has 1 amide bonds. The number of anilines is 2. The number of ketones is 1. The second-order valence-corrected chi connectivity index (χ2v) is 11.8. The molecular formula is C30H28F2N6O5S. The molecule has 44 heavy (non-hydrogen) atoms. The van der Waals surface area contributed by atoms with E-state index in [1.54, 1.807) is 17.0 Å². The number of nitrogens with one attached hydrogen (secondary N) is 1. The Kier molecular flexibility index (Phi) is 8.54. The number of pyridine rings is 1. The van der Waals surface area contributed by atoms with E-state index in [0.717, 1.165) is 17.5 Å². The second-order valence-electron chi connectivity index (χ2n) is 10.2. The van der Waals surface area contributed by atoms with Gasteiger partial charge in [0, 0.05) is 55.0 Å². The highest BCUT2D eigenvalue weighted by atomic mass is 32.2. The van der Waals surface area contributed by atoms with Gasteiger partial charge >= 0.3 is 0 Å². The fourth-order valence-electron chi connectivity index (χ4n) is 4.96. The highest BCUT2D eigenvalue weighted by molar-refractivity contribution is 7.92. The third kappa shape index (κ3) is 6.34. The standard InChI is InChI=1S/C30H28F2N6O5S/c1-18-16-37(28(40)9-4-19(2)39)10-11-38(18)29-23-12-20(5-7-25(23)34-17-35-29)21-13-26(30(43-3)33-15-21)36-44(41,42)27-8-6-22(31)14-24(27)32/h4-9,12-15,17-18,36H,10-11,16H2,1-3H3/b9-4+/t18-/m0/s1. The third-order valence-corrected chi connectivity index (χ3v) is 8.49. The van der Waals surface area contributed by atoms with E-state index in [4.69, 9.17) is 4.74 Å². The number of amides is 1. The molecule has 228 valence electrons. The van der Waals surface area contributed by atoms with Gasteiger partial charge in [-0.3, -0.25) is 14.3 Å². The van der Waals surface area contributed by atoms with Crippen molar-refractivity contribution in [1.29, 1.82) is 0 Å². The summed E-state index contributed by atoms with van der Waals surface area (Å²) in [6, 6.07) is 9.01. The number of piperazine rings is 1. The Bertz CT molecular complexity index is 1900. The van der Waals surface area contributed by atoms with Gasteiger partial charge in [0.1, 0.15) is 34.4 Å². The Balaban J connectivity index is 1.46. The van der Waals surface area contributed by atoms with Gasteiger partial charge in [0.25, 0.3) is 10.0 Å². The van der Waals surface area contributed by atoms with Crippen molar-refractivity contribution in [1.82, 2.24) is 19.9 Å². The largest absolute Gasteiger partial charge is 0.480 e. The molecule has 1 atom stereocenters. The number of carbonyl (C=O) groups excluding carboxylic acids is 2. The number of hydrogen-bond donors (Lipinski definition) is 1. The van der Waals surface area contributed by atoms with E-state index in [1.165, 1.54) is 44.8 Å². The zero-order valence-corrected chi connectivity index (χ0v) is 24.8. The zero-order valence-electron chi connectivity index (χ0n) is 24.0. The van der Waals surface area contributed by atoms with E-state index in [-0.39, 0.29) is 29.3 Å². The minimum atomic E-state index is -4.46. The Morgan fingerprint density at radius 3 is 2.52 bits per heavy atom. The number of methoxy groups -OCH3 is 1. The van der Waals surface area contributed by atoms with Gasteiger partial charge < -0.3 is 14.5 Å². The summed E-state index contributed by atoms with van der Waals surface area (Å²) in [5.74, 6) is -1.98. The van der Waals surface area contributed by atoms with Gasteiger partial charge in [-0.25, -0.2) is 32.2 Å². The molecule has 3 heterocycles. The van der Waals surface area contributed by atoms with Crippen molar-refractivity contribution in [3.8, 4) is 17.0 Å². The molecule has 1 fully saturated rings. The molecule has 0 radical (unpaired) electrons. The van der Waals surface area contributed by atoms with Crippen LogP contribution in [0.1, 0.15) is 13.8 Å². The average Bonchev–Trinajstić information content (AvgIpc) is 2.99. The molecule has 0 bridgehead atoms. The van der Waals surface area contributed by atoms with Gasteiger partial charge in [-0.05, 0) is 55.8 Å². The Hall–Kier alpha value is -4.98. The number of aromatic nitrogens is 3. The van der Waals surface area contributed by atoms with E-state index in [1.807, 2.05) is 13.0 Å². The fourth-order valence-corrected chi connectivity index (χ4v) is 6.07. The number of rotatable bonds is 8. The number of carbonyl (C=O) groups is 2. The minimum Gasteiger partial charge on any atom is -0.480 e. The number of nitrogens with zero attached hydrogens (tertiary/aromatic N) is 5. The Labute approximate surface area is 252 Å². The molecule has 11 nitrogen and oxygen atoms in total. The third-order valence-electron chi connectivity index (χ3n) is 7.09. The maximum absolute atomic E-state index is 14.3. The monoisotopic (exact) mass is 622 g/mol. The summed E-state index contributed by atoms with van der Waals surface area (Å²) in [5, 5.41) is 0.722. The van der Waals surface area contributed by atoms with Gasteiger partial charge in [0.15, 0.2) is 5.78 Å². The van der Waals surface area contributed by atoms with Crippen molar-refractivity contribution in [2.45, 2.75) is 24.8 Å². The lowest BCUT2D eigenvalue weighted by molar-refractivity contribution is -0.127. The maximum atomic E-state index is 14.3. The van der Waals surface area contributed by atoms with Crippen molar-refractivity contribution in [2.24, 2.45) is 0 Å². The highest BCUT2D eigenvalue weighted by Gasteiger charge is 2.28. The molecule has 1 saturated heterocycles. The average molecular weight is 623 g/mol. The molecule has 2 aromatic carbocycles. The second kappa shape index (κ2) is 12.3. The predicted molar refractivity (Wildman–Crippen MR) is 160 cm³/mol. The first-order chi connectivity index (χ1) is 21.0. The van der Waals surface area contributed by atoms with Gasteiger partial charge in [-0.15, -0.1) is 0 Å². The molecule has 0 aliphatic carbocycles. The van der Waals surface area contributed by atoms with Crippen molar-refractivity contribution in [2.75, 3.05) is 36.4 Å². The van der Waals surface area contributed by atoms with Crippen LogP contribution in [-0.4, -0.2) is 72.7 Å². The minimum absolute atomic E-state index is 0.0495. The van der Waals surface area contributed by atoms with Crippen LogP contribution in [0.3, 0.4) is 0 Å². The van der Waals surface area contributed by atoms with E-state index >= 15 is 0 Å². The molecule has 0 unspecified atom stereocenters. The molecule has 0 saturated carbocycles. The maximum Gasteiger partial charge on any atom is 0.264 e. The summed E-state index contributed by atoms with van der Waals surface area (Å²) < 4.78 is 61.2. The molecule has 0 spiro atoms. The van der Waals surface area contributed by atoms with Crippen molar-refractivity contribution >= 4 is 44.1 Å². The number of halogens is 2. The number of sulfonamides is 1. The molecule has 1 aliphatic rings. The molecule has 5 rings (SSSR count). The topological polar surface area (TPSA) is 135 Å². The van der Waals surface area contributed by atoms with Crippen LogP contribution < -0.4 is 14.4 Å². The van der Waals surface area contributed by atoms with Gasteiger partial charge in [-0.1, -0.05) is 6.07 Å². The lowest BCUT2D eigenvalue weighted by Crippen LogP contribution is -2.53. The molecule has 1 aliphatic heterocycles. The number of benzene rings is 2. The Morgan fingerprint density at radius 1 is 1.02 bits per heavy atom. The molecule has 1 N–H and O–H groups in total. The first kappa shape index (κ1) is 30.5. The van der Waals surface area contributed by atoms with E-state index in [2.05, 4.69) is 24.6 Å². The van der Waals surface area contributed by atoms with Crippen LogP contribution in [0.4, 0.5) is 20.3 Å². The highest BCUT2D eigenvalue weighted by Crippen LogP contribution is 2.34. The number of allylic oxidation sites excluding steroid dienone is 1. The summed E-state index contributed by atoms with van der Waals surface area (Å²) in [6.07, 6.45) is 5.50. The summed E-state index contributed by atoms with van der Waals surface area (Å²) >= 11 is 0. The molecule has 14 heteroatoms. The van der Waals surface area contributed by atoms with Crippen LogP contribution >= 0.6 is 0 Å². The van der Waals surface area contributed by atoms with E-state index < -0.39 is 26.6 Å². The molecule has 2 aromatic heterocycles. The Morgan fingerprint density at radius 2 is 1.82 bits per heavy atom. The van der Waals surface area contributed by atoms with Crippen LogP contribution in [0, 0.1) is 11.6 Å². The van der Waals surface area contributed by atoms with Crippen LogP contribution in [0.2, 0.25) is 0 Å². The molecule has 4 aromatic rings. The van der Waals surface area contributed by atoms with Crippen LogP contribution in [0.5, 0.6) is 5.88 Å². The van der Waals surface area contributed by atoms with Crippen molar-refractivity contribution < 1.29 is 31.5 Å². The van der Waals surface area contributed by atoms with E-state index in [9.17, 15) is 26.8 Å². The summed E-state index contributed by atoms with van der Waals surface area (Å²) in [6.45, 7) is 4.70. The normalized spacial score (nSPS) is 15.5. The number of ether oxygens (including phenoxy) is 1. The fraction of sp³-hybridized carbons (Fsp3) is 0.233. The van der Waals surface area contributed by atoms with Gasteiger partial charge in [-0.2, -0.15) is 0 Å². The van der Waals surface area contributed by atoms with Crippen LogP contribution in [0.25, 0.3) is 22.0 Å². The molecular weight excluding hydrogens is 594 g/mol. The quantitative estimate of drug-likeness (QED) is 0.290. The number of fused-ring (bicyclic) bond motifs is 1. The van der Waals surface area contributed by atoms with Crippen LogP contribution in [0.15, 0.2) is 72.0 Å². The lowest BCUT2D eigenvalue weighted by atomic mass is 10.0. The summed E-state index contributed by atoms with van der Waals surface area (Å²) in [7, 11) is -3.15. The first-order valence-electron chi connectivity index (χ1n) is 13.5. The smallest absolute Gasteiger partial charge is 0.264 e. The summed E-state index contributed by atoms with van der Waals surface area (Å²) in [5.41, 5.74) is 1.79. The van der Waals surface area contributed by atoms with Gasteiger partial charge in [0.2, 0.25) is 11.8 Å². The van der Waals surface area contributed by atoms with Crippen molar-refractivity contribution in [3.05, 3.63) is 78.8 Å². The van der Waals surface area contributed by atoms with Crippen molar-refractivity contribution in [3.63, 3.8) is 0 Å². The lowest BCUT2D eigenvalue weighted by Gasteiger charge is -2.40. The number of hydrogen-bond acceptors (Lipinski definition) is 9. The van der Waals surface area contributed by atoms with Gasteiger partial charge in [0.05, 0.1) is 12.6 Å². The SMILES string of the molecule is COc1ncc(-c2ccc3ncnc(N4CCN(C(=O)/C=C/C(C)=O)C[C@@H]4C)c3c2)cc1NS(=O)(=O)c1ccc(F)cc1F.